The van der Waals surface area contributed by atoms with Crippen molar-refractivity contribution >= 4 is 33.3 Å². The lowest BCUT2D eigenvalue weighted by Gasteiger charge is -2.14. The molecule has 0 unspecified atom stereocenters. The van der Waals surface area contributed by atoms with Crippen molar-refractivity contribution in [3.63, 3.8) is 0 Å². The van der Waals surface area contributed by atoms with Gasteiger partial charge in [-0.2, -0.15) is 8.42 Å². The van der Waals surface area contributed by atoms with Gasteiger partial charge in [-0.25, -0.2) is 0 Å². The number of carbonyl (C=O) groups excluding carboxylic acids is 1. The summed E-state index contributed by atoms with van der Waals surface area (Å²) in [5.74, 6) is -0.465. The van der Waals surface area contributed by atoms with Gasteiger partial charge in [0, 0.05) is 17.8 Å². The van der Waals surface area contributed by atoms with E-state index in [9.17, 15) is 18.0 Å². The van der Waals surface area contributed by atoms with Crippen LogP contribution in [0.2, 0.25) is 0 Å². The van der Waals surface area contributed by atoms with Gasteiger partial charge in [0.15, 0.2) is 0 Å². The summed E-state index contributed by atoms with van der Waals surface area (Å²) in [5, 5.41) is 10.1. The van der Waals surface area contributed by atoms with E-state index in [1.54, 1.807) is 67.6 Å². The minimum Gasteiger partial charge on any atom is -0.384 e. The van der Waals surface area contributed by atoms with E-state index >= 15 is 0 Å². The van der Waals surface area contributed by atoms with Gasteiger partial charge in [-0.1, -0.05) is 42.5 Å². The third-order valence-electron chi connectivity index (χ3n) is 4.72. The molecule has 172 valence electrons. The molecule has 0 aliphatic carbocycles. The number of pyridine rings is 1. The second-order valence-corrected chi connectivity index (χ2v) is 8.66. The smallest absolute Gasteiger partial charge is 0.321 e. The number of nitrogens with one attached hydrogen (secondary N) is 4. The maximum atomic E-state index is 12.8. The molecule has 2 aromatic carbocycles. The summed E-state index contributed by atoms with van der Waals surface area (Å²) in [6.45, 7) is 1.59. The first kappa shape index (κ1) is 23.5. The Kier molecular flexibility index (Phi) is 7.13. The van der Waals surface area contributed by atoms with E-state index in [4.69, 9.17) is 11.1 Å². The lowest BCUT2D eigenvalue weighted by molar-refractivity contribution is -0.121. The van der Waals surface area contributed by atoms with E-state index in [2.05, 4.69) is 14.8 Å². The highest BCUT2D eigenvalue weighted by atomic mass is 32.2. The normalized spacial score (nSPS) is 10.9. The molecule has 11 heteroatoms. The van der Waals surface area contributed by atoms with Crippen LogP contribution in [0.15, 0.2) is 71.5 Å². The monoisotopic (exact) mass is 468 g/mol. The topological polar surface area (TPSA) is 159 Å². The number of amides is 1. The number of hydrogen-bond donors (Lipinski definition) is 5. The number of nitrogens with two attached hydrogens (primary N) is 1. The lowest BCUT2D eigenvalue weighted by Crippen LogP contribution is -2.35. The molecule has 1 aromatic heterocycles. The second kappa shape index (κ2) is 10.0. The van der Waals surface area contributed by atoms with Crippen LogP contribution in [0.4, 0.5) is 11.4 Å². The number of carbonyl (C=O) groups is 1. The van der Waals surface area contributed by atoms with Gasteiger partial charge >= 0.3 is 10.2 Å². The molecule has 1 amide bonds. The number of amidine groups is 1. The Labute approximate surface area is 191 Å². The molecule has 33 heavy (non-hydrogen) atoms. The van der Waals surface area contributed by atoms with Crippen molar-refractivity contribution < 1.29 is 13.2 Å². The first-order chi connectivity index (χ1) is 15.6. The molecule has 0 aliphatic heterocycles. The van der Waals surface area contributed by atoms with Crippen molar-refractivity contribution in [1.82, 2.24) is 9.88 Å². The number of rotatable bonds is 9. The minimum atomic E-state index is -4.06. The lowest BCUT2D eigenvalue weighted by atomic mass is 10.1. The van der Waals surface area contributed by atoms with Crippen LogP contribution in [-0.4, -0.2) is 24.7 Å². The van der Waals surface area contributed by atoms with E-state index in [1.165, 1.54) is 10.6 Å². The molecule has 1 heterocycles. The highest BCUT2D eigenvalue weighted by Gasteiger charge is 2.16. The fraction of sp³-hybridized carbons (Fsp3) is 0.136. The number of hydrogen-bond acceptors (Lipinski definition) is 5. The Morgan fingerprint density at radius 3 is 2.30 bits per heavy atom. The third-order valence-corrected chi connectivity index (χ3v) is 5.71. The molecule has 3 aromatic rings. The van der Waals surface area contributed by atoms with E-state index in [0.717, 1.165) is 5.56 Å². The molecular weight excluding hydrogens is 444 g/mol. The van der Waals surface area contributed by atoms with Gasteiger partial charge in [0.2, 0.25) is 5.91 Å². The van der Waals surface area contributed by atoms with E-state index < -0.39 is 21.7 Å². The van der Waals surface area contributed by atoms with Crippen molar-refractivity contribution in [2.24, 2.45) is 5.73 Å². The zero-order valence-corrected chi connectivity index (χ0v) is 18.6. The van der Waals surface area contributed by atoms with Crippen molar-refractivity contribution in [2.45, 2.75) is 20.0 Å². The van der Waals surface area contributed by atoms with Crippen molar-refractivity contribution in [3.8, 4) is 0 Å². The molecule has 0 saturated heterocycles. The first-order valence-corrected chi connectivity index (χ1v) is 11.4. The van der Waals surface area contributed by atoms with Crippen LogP contribution in [-0.2, 0) is 28.1 Å². The third kappa shape index (κ3) is 6.43. The number of benzene rings is 2. The maximum Gasteiger partial charge on any atom is 0.321 e. The van der Waals surface area contributed by atoms with Gasteiger partial charge in [0.05, 0.1) is 5.69 Å². The predicted octanol–water partition coefficient (Wildman–Crippen LogP) is 1.53. The largest absolute Gasteiger partial charge is 0.384 e. The highest BCUT2D eigenvalue weighted by molar-refractivity contribution is 7.94. The van der Waals surface area contributed by atoms with Crippen LogP contribution in [0.5, 0.6) is 0 Å². The number of nitrogens with zero attached hydrogens (tertiary/aromatic N) is 1. The summed E-state index contributed by atoms with van der Waals surface area (Å²) < 4.78 is 30.5. The number of aryl methyl sites for hydroxylation is 1. The number of aromatic nitrogens is 1. The number of nitrogen functional groups attached to an aromatic ring is 1. The van der Waals surface area contributed by atoms with Gasteiger partial charge in [-0.3, -0.25) is 24.4 Å². The Morgan fingerprint density at radius 2 is 1.67 bits per heavy atom. The summed E-state index contributed by atoms with van der Waals surface area (Å²) in [6, 6.07) is 18.0. The number of anilines is 2. The zero-order chi connectivity index (χ0) is 24.0. The Bertz CT molecular complexity index is 1320. The quantitative estimate of drug-likeness (QED) is 0.237. The molecular formula is C22H24N6O4S. The average Bonchev–Trinajstić information content (AvgIpc) is 2.78. The fourth-order valence-electron chi connectivity index (χ4n) is 2.98. The predicted molar refractivity (Wildman–Crippen MR) is 127 cm³/mol. The average molecular weight is 469 g/mol. The molecule has 0 saturated carbocycles. The molecule has 10 nitrogen and oxygen atoms in total. The molecule has 0 bridgehead atoms. The SMILES string of the molecule is Cc1ccc(NS(=O)(=O)Nc2ccccc2)c(=O)n1CC(=O)NCc1ccc(C(=N)N)cc1. The number of para-hydroxylation sites is 1. The summed E-state index contributed by atoms with van der Waals surface area (Å²) in [6.07, 6.45) is 0. The Hall–Kier alpha value is -4.12. The van der Waals surface area contributed by atoms with Crippen LogP contribution in [0.3, 0.4) is 0 Å². The molecule has 0 radical (unpaired) electrons. The summed E-state index contributed by atoms with van der Waals surface area (Å²) in [7, 11) is -4.06. The van der Waals surface area contributed by atoms with Crippen molar-refractivity contribution in [3.05, 3.63) is 93.9 Å². The first-order valence-electron chi connectivity index (χ1n) is 9.91. The van der Waals surface area contributed by atoms with E-state index in [1.807, 2.05) is 0 Å². The maximum absolute atomic E-state index is 12.8. The molecule has 0 atom stereocenters. The summed E-state index contributed by atoms with van der Waals surface area (Å²) in [5.41, 5.74) is 6.81. The highest BCUT2D eigenvalue weighted by Crippen LogP contribution is 2.11. The van der Waals surface area contributed by atoms with Gasteiger partial charge < -0.3 is 15.6 Å². The van der Waals surface area contributed by atoms with Crippen molar-refractivity contribution in [1.29, 1.82) is 5.41 Å². The van der Waals surface area contributed by atoms with Crippen LogP contribution in [0.1, 0.15) is 16.8 Å². The standard InChI is InChI=1S/C22H24N6O4S/c1-15-7-12-19(27-33(31,32)26-18-5-3-2-4-6-18)22(30)28(15)14-20(29)25-13-16-8-10-17(11-9-16)21(23)24/h2-12,26-27H,13-14H2,1H3,(H3,23,24)(H,25,29). The van der Waals surface area contributed by atoms with Gasteiger partial charge in [0.25, 0.3) is 5.56 Å². The Balaban J connectivity index is 1.68. The minimum absolute atomic E-state index is 0.0464. The van der Waals surface area contributed by atoms with Gasteiger partial charge in [0.1, 0.15) is 18.1 Å². The molecule has 0 spiro atoms. The second-order valence-electron chi connectivity index (χ2n) is 7.24. The molecule has 0 fully saturated rings. The molecule has 0 aliphatic rings. The molecule has 6 N–H and O–H groups in total. The zero-order valence-electron chi connectivity index (χ0n) is 17.8. The molecule has 3 rings (SSSR count). The van der Waals surface area contributed by atoms with Gasteiger partial charge in [-0.15, -0.1) is 0 Å². The van der Waals surface area contributed by atoms with Crippen LogP contribution >= 0.6 is 0 Å². The van der Waals surface area contributed by atoms with E-state index in [-0.39, 0.29) is 24.6 Å². The van der Waals surface area contributed by atoms with Crippen LogP contribution < -0.4 is 26.1 Å². The Morgan fingerprint density at radius 1 is 1.00 bits per heavy atom. The van der Waals surface area contributed by atoms with Crippen molar-refractivity contribution in [2.75, 3.05) is 9.44 Å². The van der Waals surface area contributed by atoms with Crippen LogP contribution in [0.25, 0.3) is 0 Å². The van der Waals surface area contributed by atoms with Gasteiger partial charge in [-0.05, 0) is 36.8 Å². The van der Waals surface area contributed by atoms with Crippen LogP contribution in [0, 0.1) is 12.3 Å². The summed E-state index contributed by atoms with van der Waals surface area (Å²) >= 11 is 0. The van der Waals surface area contributed by atoms with E-state index in [0.29, 0.717) is 16.9 Å². The summed E-state index contributed by atoms with van der Waals surface area (Å²) in [4.78, 5) is 25.3. The fourth-order valence-corrected chi connectivity index (χ4v) is 3.92.